The van der Waals surface area contributed by atoms with Crippen LogP contribution >= 0.6 is 11.8 Å². The zero-order chi connectivity index (χ0) is 22.2. The van der Waals surface area contributed by atoms with E-state index in [0.717, 1.165) is 32.2 Å². The molecule has 4 heteroatoms. The number of fused-ring (bicyclic) bond motifs is 1. The van der Waals surface area contributed by atoms with Crippen molar-refractivity contribution in [3.05, 3.63) is 89.0 Å². The number of carbonyl (C=O) groups is 1. The Morgan fingerprint density at radius 3 is 2.35 bits per heavy atom. The van der Waals surface area contributed by atoms with Crippen molar-refractivity contribution in [1.82, 2.24) is 4.90 Å². The summed E-state index contributed by atoms with van der Waals surface area (Å²) in [7, 11) is 1.68. The molecule has 0 aromatic heterocycles. The van der Waals surface area contributed by atoms with Crippen LogP contribution in [0, 0.1) is 6.92 Å². The van der Waals surface area contributed by atoms with Crippen LogP contribution in [0.2, 0.25) is 0 Å². The minimum absolute atomic E-state index is 0.126. The standard InChI is InChI=1S/C27H29NO2S/c1-18-13-15-20(16-14-18)31-23-12-7-6-10-21(23)25-24-19(9-8-11-22(24)30-5)17-28(26(25)29)27(2,3)4/h6-16,25H,17H2,1-5H3. The SMILES string of the molecule is COc1cccc2c1C(c1ccccc1Sc1ccc(C)cc1)C(=O)N(C(C)(C)C)C2. The quantitative estimate of drug-likeness (QED) is 0.477. The Morgan fingerprint density at radius 2 is 1.68 bits per heavy atom. The molecule has 3 aromatic carbocycles. The zero-order valence-corrected chi connectivity index (χ0v) is 19.6. The van der Waals surface area contributed by atoms with Crippen LogP contribution in [0.1, 0.15) is 48.9 Å². The normalized spacial score (nSPS) is 16.2. The highest BCUT2D eigenvalue weighted by Gasteiger charge is 2.41. The molecule has 3 aromatic rings. The van der Waals surface area contributed by atoms with Crippen LogP contribution in [0.3, 0.4) is 0 Å². The number of amides is 1. The molecule has 0 radical (unpaired) electrons. The molecular formula is C27H29NO2S. The Morgan fingerprint density at radius 1 is 0.968 bits per heavy atom. The van der Waals surface area contributed by atoms with E-state index >= 15 is 0 Å². The molecule has 1 unspecified atom stereocenters. The number of methoxy groups -OCH3 is 1. The number of nitrogens with zero attached hydrogens (tertiary/aromatic N) is 1. The third-order valence-corrected chi connectivity index (χ3v) is 6.89. The molecule has 3 nitrogen and oxygen atoms in total. The van der Waals surface area contributed by atoms with E-state index in [2.05, 4.69) is 70.2 Å². The van der Waals surface area contributed by atoms with Gasteiger partial charge in [0.25, 0.3) is 0 Å². The van der Waals surface area contributed by atoms with Gasteiger partial charge in [-0.3, -0.25) is 4.79 Å². The molecule has 0 spiro atoms. The van der Waals surface area contributed by atoms with Gasteiger partial charge in [-0.05, 0) is 63.1 Å². The molecule has 160 valence electrons. The smallest absolute Gasteiger partial charge is 0.235 e. The molecule has 0 fully saturated rings. The largest absolute Gasteiger partial charge is 0.496 e. The molecule has 0 N–H and O–H groups in total. The maximum absolute atomic E-state index is 13.9. The highest BCUT2D eigenvalue weighted by atomic mass is 32.2. The van der Waals surface area contributed by atoms with Crippen LogP contribution in [0.25, 0.3) is 0 Å². The lowest BCUT2D eigenvalue weighted by Gasteiger charge is -2.43. The van der Waals surface area contributed by atoms with Crippen molar-refractivity contribution >= 4 is 17.7 Å². The lowest BCUT2D eigenvalue weighted by molar-refractivity contribution is -0.138. The summed E-state index contributed by atoms with van der Waals surface area (Å²) >= 11 is 1.70. The number of benzene rings is 3. The number of ether oxygens (including phenoxy) is 1. The van der Waals surface area contributed by atoms with Gasteiger partial charge in [0.15, 0.2) is 0 Å². The van der Waals surface area contributed by atoms with Crippen LogP contribution in [0.5, 0.6) is 5.75 Å². The van der Waals surface area contributed by atoms with Crippen molar-refractivity contribution in [2.45, 2.75) is 55.5 Å². The number of rotatable bonds is 4. The van der Waals surface area contributed by atoms with Gasteiger partial charge in [-0.1, -0.05) is 59.8 Å². The lowest BCUT2D eigenvalue weighted by atomic mass is 9.81. The van der Waals surface area contributed by atoms with Crippen LogP contribution in [0.4, 0.5) is 0 Å². The van der Waals surface area contributed by atoms with Crippen LogP contribution in [0.15, 0.2) is 76.5 Å². The van der Waals surface area contributed by atoms with Crippen LogP contribution in [-0.2, 0) is 11.3 Å². The summed E-state index contributed by atoms with van der Waals surface area (Å²) < 4.78 is 5.73. The highest BCUT2D eigenvalue weighted by Crippen LogP contribution is 2.45. The van der Waals surface area contributed by atoms with Gasteiger partial charge in [-0.15, -0.1) is 0 Å². The van der Waals surface area contributed by atoms with E-state index in [-0.39, 0.29) is 11.4 Å². The monoisotopic (exact) mass is 431 g/mol. The minimum atomic E-state index is -0.395. The molecule has 1 aliphatic rings. The average molecular weight is 432 g/mol. The van der Waals surface area contributed by atoms with Gasteiger partial charge in [-0.25, -0.2) is 0 Å². The topological polar surface area (TPSA) is 29.5 Å². The first-order chi connectivity index (χ1) is 14.8. The average Bonchev–Trinajstić information content (AvgIpc) is 2.74. The van der Waals surface area contributed by atoms with Crippen molar-refractivity contribution in [1.29, 1.82) is 0 Å². The van der Waals surface area contributed by atoms with Crippen molar-refractivity contribution < 1.29 is 9.53 Å². The van der Waals surface area contributed by atoms with Gasteiger partial charge >= 0.3 is 0 Å². The summed E-state index contributed by atoms with van der Waals surface area (Å²) in [6, 6.07) is 22.9. The summed E-state index contributed by atoms with van der Waals surface area (Å²) in [5.74, 6) is 0.509. The number of carbonyl (C=O) groups excluding carboxylic acids is 1. The van der Waals surface area contributed by atoms with Gasteiger partial charge in [0.1, 0.15) is 5.75 Å². The maximum Gasteiger partial charge on any atom is 0.235 e. The number of aryl methyl sites for hydroxylation is 1. The van der Waals surface area contributed by atoms with E-state index in [1.807, 2.05) is 29.2 Å². The van der Waals surface area contributed by atoms with Crippen molar-refractivity contribution in [3.8, 4) is 5.75 Å². The zero-order valence-electron chi connectivity index (χ0n) is 18.8. The predicted octanol–water partition coefficient (Wildman–Crippen LogP) is 6.43. The van der Waals surface area contributed by atoms with E-state index in [0.29, 0.717) is 6.54 Å². The fourth-order valence-corrected chi connectivity index (χ4v) is 5.14. The molecular weight excluding hydrogens is 402 g/mol. The van der Waals surface area contributed by atoms with Crippen molar-refractivity contribution in [2.75, 3.05) is 7.11 Å². The summed E-state index contributed by atoms with van der Waals surface area (Å²) in [5, 5.41) is 0. The van der Waals surface area contributed by atoms with Gasteiger partial charge in [0.2, 0.25) is 5.91 Å². The Bertz CT molecular complexity index is 1100. The van der Waals surface area contributed by atoms with Gasteiger partial charge in [0, 0.05) is 27.4 Å². The second-order valence-corrected chi connectivity index (χ2v) is 10.1. The van der Waals surface area contributed by atoms with E-state index in [1.165, 1.54) is 5.56 Å². The Hall–Kier alpha value is -2.72. The van der Waals surface area contributed by atoms with Crippen molar-refractivity contribution in [3.63, 3.8) is 0 Å². The summed E-state index contributed by atoms with van der Waals surface area (Å²) in [4.78, 5) is 18.2. The molecule has 1 atom stereocenters. The molecule has 0 saturated carbocycles. The molecule has 31 heavy (non-hydrogen) atoms. The molecule has 1 heterocycles. The Kier molecular flexibility index (Phi) is 5.85. The Labute approximate surface area is 189 Å². The third kappa shape index (κ3) is 4.22. The molecule has 4 rings (SSSR count). The third-order valence-electron chi connectivity index (χ3n) is 5.80. The molecule has 0 aliphatic carbocycles. The fourth-order valence-electron chi connectivity index (χ4n) is 4.16. The summed E-state index contributed by atoms with van der Waals surface area (Å²) in [6.07, 6.45) is 0. The van der Waals surface area contributed by atoms with Gasteiger partial charge in [0.05, 0.1) is 13.0 Å². The second-order valence-electron chi connectivity index (χ2n) is 9.01. The van der Waals surface area contributed by atoms with Crippen molar-refractivity contribution in [2.24, 2.45) is 0 Å². The molecule has 1 aliphatic heterocycles. The minimum Gasteiger partial charge on any atom is -0.496 e. The maximum atomic E-state index is 13.9. The van der Waals surface area contributed by atoms with Crippen LogP contribution < -0.4 is 4.74 Å². The molecule has 0 saturated heterocycles. The first-order valence-corrected chi connectivity index (χ1v) is 11.4. The van der Waals surface area contributed by atoms with Gasteiger partial charge < -0.3 is 9.64 Å². The predicted molar refractivity (Wildman–Crippen MR) is 127 cm³/mol. The van der Waals surface area contributed by atoms with Gasteiger partial charge in [-0.2, -0.15) is 0 Å². The van der Waals surface area contributed by atoms with Crippen LogP contribution in [-0.4, -0.2) is 23.5 Å². The summed E-state index contributed by atoms with van der Waals surface area (Å²) in [6.45, 7) is 8.98. The first kappa shape index (κ1) is 21.5. The van der Waals surface area contributed by atoms with E-state index in [9.17, 15) is 4.79 Å². The lowest BCUT2D eigenvalue weighted by Crippen LogP contribution is -2.50. The Balaban J connectivity index is 1.87. The van der Waals surface area contributed by atoms with E-state index in [4.69, 9.17) is 4.74 Å². The van der Waals surface area contributed by atoms with E-state index in [1.54, 1.807) is 18.9 Å². The second kappa shape index (κ2) is 8.43. The molecule has 0 bridgehead atoms. The number of hydrogen-bond acceptors (Lipinski definition) is 3. The molecule has 1 amide bonds. The van der Waals surface area contributed by atoms with E-state index < -0.39 is 5.92 Å². The summed E-state index contributed by atoms with van der Waals surface area (Å²) in [5.41, 5.74) is 4.13. The number of hydrogen-bond donors (Lipinski definition) is 0. The first-order valence-electron chi connectivity index (χ1n) is 10.6. The fraction of sp³-hybridized carbons (Fsp3) is 0.296. The highest BCUT2D eigenvalue weighted by molar-refractivity contribution is 7.99.